The van der Waals surface area contributed by atoms with Crippen molar-refractivity contribution in [1.29, 1.82) is 0 Å². The number of benzene rings is 2. The van der Waals surface area contributed by atoms with Gasteiger partial charge in [-0.1, -0.05) is 30.3 Å². The molecule has 1 N–H and O–H groups in total. The van der Waals surface area contributed by atoms with Crippen LogP contribution in [0, 0.1) is 0 Å². The first-order valence-electron chi connectivity index (χ1n) is 12.9. The molecular weight excluding hydrogens is 448 g/mol. The monoisotopic (exact) mass is 482 g/mol. The summed E-state index contributed by atoms with van der Waals surface area (Å²) < 4.78 is 7.71. The number of anilines is 1. The highest BCUT2D eigenvalue weighted by Gasteiger charge is 2.25. The minimum absolute atomic E-state index is 0.411. The van der Waals surface area contributed by atoms with Crippen LogP contribution in [0.1, 0.15) is 11.1 Å². The molecule has 7 nitrogen and oxygen atoms in total. The van der Waals surface area contributed by atoms with Crippen molar-refractivity contribution in [3.8, 4) is 11.1 Å². The van der Waals surface area contributed by atoms with Crippen molar-refractivity contribution in [3.05, 3.63) is 78.4 Å². The molecule has 2 aliphatic rings. The van der Waals surface area contributed by atoms with Crippen LogP contribution in [-0.4, -0.2) is 76.3 Å². The van der Waals surface area contributed by atoms with Gasteiger partial charge >= 0.3 is 0 Å². The molecule has 6 rings (SSSR count). The number of ether oxygens (including phenoxy) is 1. The number of fused-ring (bicyclic) bond motifs is 2. The number of imidazole rings is 1. The molecule has 1 fully saturated rings. The number of hydrogen-bond donors (Lipinski definition) is 1. The van der Waals surface area contributed by atoms with Gasteiger partial charge in [0.15, 0.2) is 0 Å². The highest BCUT2D eigenvalue weighted by Crippen LogP contribution is 2.25. The zero-order valence-corrected chi connectivity index (χ0v) is 20.9. The van der Waals surface area contributed by atoms with E-state index in [1.165, 1.54) is 11.1 Å². The molecule has 0 bridgehead atoms. The summed E-state index contributed by atoms with van der Waals surface area (Å²) in [7, 11) is 2.03. The Bertz CT molecular complexity index is 1330. The summed E-state index contributed by atoms with van der Waals surface area (Å²) in [5.74, 6) is 0. The van der Waals surface area contributed by atoms with Crippen molar-refractivity contribution in [2.24, 2.45) is 7.05 Å². The Hall–Kier alpha value is -3.26. The van der Waals surface area contributed by atoms with Gasteiger partial charge in [-0.2, -0.15) is 0 Å². The maximum atomic E-state index is 5.66. The fraction of sp³-hybridized carbons (Fsp3) is 0.379. The lowest BCUT2D eigenvalue weighted by atomic mass is 9.99. The molecule has 0 radical (unpaired) electrons. The molecule has 0 amide bonds. The van der Waals surface area contributed by atoms with Crippen LogP contribution in [0.5, 0.6) is 0 Å². The predicted molar refractivity (Wildman–Crippen MR) is 144 cm³/mol. The molecule has 1 atom stereocenters. The third kappa shape index (κ3) is 5.00. The molecule has 1 unspecified atom stereocenters. The normalized spacial score (nSPS) is 17.7. The third-order valence-corrected chi connectivity index (χ3v) is 7.58. The quantitative estimate of drug-likeness (QED) is 0.432. The van der Waals surface area contributed by atoms with Gasteiger partial charge in [-0.25, -0.2) is 4.98 Å². The number of rotatable bonds is 7. The van der Waals surface area contributed by atoms with Crippen molar-refractivity contribution in [2.45, 2.75) is 19.0 Å². The van der Waals surface area contributed by atoms with Crippen LogP contribution in [0.25, 0.3) is 22.2 Å². The second-order valence-electron chi connectivity index (χ2n) is 9.96. The Labute approximate surface area is 212 Å². The van der Waals surface area contributed by atoms with Gasteiger partial charge in [0.05, 0.1) is 36.3 Å². The van der Waals surface area contributed by atoms with Crippen LogP contribution in [0.3, 0.4) is 0 Å². The van der Waals surface area contributed by atoms with Crippen LogP contribution in [-0.2, 0) is 24.8 Å². The Morgan fingerprint density at radius 3 is 2.72 bits per heavy atom. The van der Waals surface area contributed by atoms with E-state index in [0.717, 1.165) is 86.8 Å². The Kier molecular flexibility index (Phi) is 6.68. The summed E-state index contributed by atoms with van der Waals surface area (Å²) in [4.78, 5) is 14.2. The molecule has 4 aromatic rings. The molecule has 2 aromatic carbocycles. The molecular formula is C29H34N6O. The van der Waals surface area contributed by atoms with Crippen LogP contribution in [0.15, 0.2) is 67.3 Å². The van der Waals surface area contributed by atoms with Gasteiger partial charge < -0.3 is 14.6 Å². The number of pyridine rings is 1. The van der Waals surface area contributed by atoms with Crippen molar-refractivity contribution in [1.82, 2.24) is 24.3 Å². The van der Waals surface area contributed by atoms with E-state index >= 15 is 0 Å². The lowest BCUT2D eigenvalue weighted by molar-refractivity contribution is 0.0102. The second kappa shape index (κ2) is 10.4. The highest BCUT2D eigenvalue weighted by molar-refractivity contribution is 5.82. The first kappa shape index (κ1) is 23.2. The van der Waals surface area contributed by atoms with Gasteiger partial charge in [0, 0.05) is 70.3 Å². The predicted octanol–water partition coefficient (Wildman–Crippen LogP) is 3.81. The Morgan fingerprint density at radius 1 is 0.972 bits per heavy atom. The average molecular weight is 483 g/mol. The van der Waals surface area contributed by atoms with E-state index in [-0.39, 0.29) is 0 Å². The van der Waals surface area contributed by atoms with E-state index in [4.69, 9.17) is 4.74 Å². The number of nitrogens with zero attached hydrogens (tertiary/aromatic N) is 5. The zero-order valence-electron chi connectivity index (χ0n) is 20.9. The maximum Gasteiger partial charge on any atom is 0.0955 e. The van der Waals surface area contributed by atoms with E-state index in [0.29, 0.717) is 6.04 Å². The van der Waals surface area contributed by atoms with Crippen molar-refractivity contribution in [2.75, 3.05) is 51.3 Å². The summed E-state index contributed by atoms with van der Waals surface area (Å²) in [5.41, 5.74) is 8.43. The van der Waals surface area contributed by atoms with Crippen LogP contribution in [0.2, 0.25) is 0 Å². The third-order valence-electron chi connectivity index (χ3n) is 7.58. The van der Waals surface area contributed by atoms with E-state index in [1.54, 1.807) is 0 Å². The van der Waals surface area contributed by atoms with Gasteiger partial charge in [-0.3, -0.25) is 14.8 Å². The minimum Gasteiger partial charge on any atom is -0.382 e. The number of hydrogen-bond acceptors (Lipinski definition) is 6. The largest absolute Gasteiger partial charge is 0.382 e. The standard InChI is InChI=1S/C29H34N6O/c1-33-21-32-28-7-6-23(15-29(28)33)25-14-26(17-30-16-25)31-18-27(35-10-12-36-13-11-35)20-34-9-8-22-4-2-3-5-24(22)19-34/h2-7,14-17,21,27,31H,8-13,18-20H2,1H3. The first-order chi connectivity index (χ1) is 17.7. The zero-order chi connectivity index (χ0) is 24.3. The molecule has 0 spiro atoms. The van der Waals surface area contributed by atoms with Gasteiger partial charge in [-0.05, 0) is 41.3 Å². The molecule has 186 valence electrons. The average Bonchev–Trinajstić information content (AvgIpc) is 3.31. The summed E-state index contributed by atoms with van der Waals surface area (Å²) >= 11 is 0. The van der Waals surface area contributed by atoms with E-state index < -0.39 is 0 Å². The smallest absolute Gasteiger partial charge is 0.0955 e. The van der Waals surface area contributed by atoms with Crippen molar-refractivity contribution >= 4 is 16.7 Å². The minimum atomic E-state index is 0.411. The molecule has 36 heavy (non-hydrogen) atoms. The molecule has 0 aliphatic carbocycles. The summed E-state index contributed by atoms with van der Waals surface area (Å²) in [6.45, 7) is 7.67. The molecule has 1 saturated heterocycles. The lowest BCUT2D eigenvalue weighted by Crippen LogP contribution is -2.52. The van der Waals surface area contributed by atoms with Crippen LogP contribution in [0.4, 0.5) is 5.69 Å². The lowest BCUT2D eigenvalue weighted by Gasteiger charge is -2.39. The molecule has 2 aliphatic heterocycles. The highest BCUT2D eigenvalue weighted by atomic mass is 16.5. The first-order valence-corrected chi connectivity index (χ1v) is 12.9. The summed E-state index contributed by atoms with van der Waals surface area (Å²) in [6.07, 6.45) is 6.86. The second-order valence-corrected chi connectivity index (χ2v) is 9.96. The summed E-state index contributed by atoms with van der Waals surface area (Å²) in [5, 5.41) is 3.72. The Morgan fingerprint density at radius 2 is 1.83 bits per heavy atom. The van der Waals surface area contributed by atoms with Gasteiger partial charge in [0.25, 0.3) is 0 Å². The Balaban J connectivity index is 1.17. The maximum absolute atomic E-state index is 5.66. The van der Waals surface area contributed by atoms with E-state index in [2.05, 4.69) is 78.2 Å². The fourth-order valence-corrected chi connectivity index (χ4v) is 5.50. The fourth-order valence-electron chi connectivity index (χ4n) is 5.50. The van der Waals surface area contributed by atoms with Gasteiger partial charge in [-0.15, -0.1) is 0 Å². The molecule has 2 aromatic heterocycles. The summed E-state index contributed by atoms with van der Waals surface area (Å²) in [6, 6.07) is 17.9. The van der Waals surface area contributed by atoms with E-state index in [1.807, 2.05) is 25.8 Å². The molecule has 4 heterocycles. The van der Waals surface area contributed by atoms with E-state index in [9.17, 15) is 0 Å². The number of morpholine rings is 1. The van der Waals surface area contributed by atoms with Crippen molar-refractivity contribution < 1.29 is 4.74 Å². The van der Waals surface area contributed by atoms with Gasteiger partial charge in [0.2, 0.25) is 0 Å². The van der Waals surface area contributed by atoms with Crippen LogP contribution < -0.4 is 5.32 Å². The SMILES string of the molecule is Cn1cnc2ccc(-c3cncc(NCC(CN4CCc5ccccc5C4)N4CCOCC4)c3)cc21. The molecule has 7 heteroatoms. The van der Waals surface area contributed by atoms with Gasteiger partial charge in [0.1, 0.15) is 0 Å². The van der Waals surface area contributed by atoms with Crippen LogP contribution >= 0.6 is 0 Å². The molecule has 0 saturated carbocycles. The topological polar surface area (TPSA) is 58.5 Å². The number of nitrogens with one attached hydrogen (secondary N) is 1. The van der Waals surface area contributed by atoms with Crippen molar-refractivity contribution in [3.63, 3.8) is 0 Å². The number of aromatic nitrogens is 3. The number of aryl methyl sites for hydroxylation is 1.